The van der Waals surface area contributed by atoms with Gasteiger partial charge in [0.1, 0.15) is 12.6 Å². The Morgan fingerprint density at radius 3 is 2.46 bits per heavy atom. The van der Waals surface area contributed by atoms with Gasteiger partial charge in [0.25, 0.3) is 0 Å². The van der Waals surface area contributed by atoms with Gasteiger partial charge in [0.05, 0.1) is 6.61 Å². The standard InChI is InChI=1S/C19H27NO4/c1-4-23-17(21)16(14(2)12-19(3)10-11-19)20-18(22)24-13-15-8-6-5-7-9-15/h5-9,14,16H,4,10-13H2,1-3H3,(H,20,22)/t14-,16-/m0/s1. The number of alkyl carbamates (subject to hydrolysis) is 1. The van der Waals surface area contributed by atoms with Crippen LogP contribution in [0, 0.1) is 11.3 Å². The van der Waals surface area contributed by atoms with Gasteiger partial charge in [-0.05, 0) is 43.1 Å². The number of hydrogen-bond donors (Lipinski definition) is 1. The second-order valence-electron chi connectivity index (χ2n) is 6.93. The minimum absolute atomic E-state index is 0.000764. The van der Waals surface area contributed by atoms with E-state index in [1.54, 1.807) is 6.92 Å². The Hall–Kier alpha value is -2.04. The maximum atomic E-state index is 12.2. The van der Waals surface area contributed by atoms with E-state index >= 15 is 0 Å². The molecule has 0 saturated heterocycles. The fraction of sp³-hybridized carbons (Fsp3) is 0.579. The number of rotatable bonds is 8. The second kappa shape index (κ2) is 8.18. The molecule has 1 saturated carbocycles. The summed E-state index contributed by atoms with van der Waals surface area (Å²) in [6.07, 6.45) is 2.64. The molecule has 5 heteroatoms. The van der Waals surface area contributed by atoms with Gasteiger partial charge in [-0.3, -0.25) is 0 Å². The predicted molar refractivity (Wildman–Crippen MR) is 91.3 cm³/mol. The van der Waals surface area contributed by atoms with Crippen molar-refractivity contribution in [1.29, 1.82) is 0 Å². The maximum absolute atomic E-state index is 12.2. The van der Waals surface area contributed by atoms with Crippen LogP contribution in [-0.2, 0) is 20.9 Å². The molecule has 1 aliphatic rings. The Morgan fingerprint density at radius 2 is 1.88 bits per heavy atom. The summed E-state index contributed by atoms with van der Waals surface area (Å²) in [5, 5.41) is 2.69. The van der Waals surface area contributed by atoms with E-state index in [2.05, 4.69) is 12.2 Å². The van der Waals surface area contributed by atoms with Gasteiger partial charge in [-0.25, -0.2) is 9.59 Å². The monoisotopic (exact) mass is 333 g/mol. The van der Waals surface area contributed by atoms with Crippen LogP contribution in [0.3, 0.4) is 0 Å². The van der Waals surface area contributed by atoms with Crippen molar-refractivity contribution in [3.05, 3.63) is 35.9 Å². The average molecular weight is 333 g/mol. The number of carbonyl (C=O) groups excluding carboxylic acids is 2. The lowest BCUT2D eigenvalue weighted by molar-refractivity contribution is -0.147. The zero-order valence-electron chi connectivity index (χ0n) is 14.7. The minimum atomic E-state index is -0.675. The highest BCUT2D eigenvalue weighted by atomic mass is 16.6. The number of esters is 1. The van der Waals surface area contributed by atoms with Gasteiger partial charge < -0.3 is 14.8 Å². The molecule has 2 atom stereocenters. The molecule has 0 heterocycles. The van der Waals surface area contributed by atoms with E-state index in [0.717, 1.165) is 12.0 Å². The zero-order chi connectivity index (χ0) is 17.6. The quantitative estimate of drug-likeness (QED) is 0.737. The summed E-state index contributed by atoms with van der Waals surface area (Å²) in [4.78, 5) is 24.3. The molecule has 0 spiro atoms. The molecule has 0 unspecified atom stereocenters. The molecule has 24 heavy (non-hydrogen) atoms. The number of carbonyl (C=O) groups is 2. The molecule has 1 aliphatic carbocycles. The first-order chi connectivity index (χ1) is 11.4. The Labute approximate surface area is 143 Å². The van der Waals surface area contributed by atoms with E-state index in [9.17, 15) is 9.59 Å². The molecule has 1 amide bonds. The average Bonchev–Trinajstić information content (AvgIpc) is 3.28. The fourth-order valence-electron chi connectivity index (χ4n) is 2.87. The van der Waals surface area contributed by atoms with Crippen molar-refractivity contribution in [1.82, 2.24) is 5.32 Å². The van der Waals surface area contributed by atoms with Gasteiger partial charge in [0, 0.05) is 0 Å². The lowest BCUT2D eigenvalue weighted by Gasteiger charge is -2.25. The Balaban J connectivity index is 1.90. The Bertz CT molecular complexity index is 554. The summed E-state index contributed by atoms with van der Waals surface area (Å²) in [5.41, 5.74) is 1.19. The molecule has 0 aromatic heterocycles. The topological polar surface area (TPSA) is 64.6 Å². The summed E-state index contributed by atoms with van der Waals surface area (Å²) in [6, 6.07) is 8.76. The molecular formula is C19H27NO4. The predicted octanol–water partition coefficient (Wildman–Crippen LogP) is 3.67. The van der Waals surface area contributed by atoms with E-state index in [0.29, 0.717) is 12.0 Å². The highest BCUT2D eigenvalue weighted by Gasteiger charge is 2.41. The fourth-order valence-corrected chi connectivity index (χ4v) is 2.87. The van der Waals surface area contributed by atoms with Gasteiger partial charge in [-0.1, -0.05) is 44.2 Å². The van der Waals surface area contributed by atoms with Crippen molar-refractivity contribution < 1.29 is 19.1 Å². The van der Waals surface area contributed by atoms with E-state index < -0.39 is 18.1 Å². The van der Waals surface area contributed by atoms with Crippen LogP contribution in [0.4, 0.5) is 4.79 Å². The molecule has 1 aromatic carbocycles. The van der Waals surface area contributed by atoms with Gasteiger partial charge in [-0.15, -0.1) is 0 Å². The van der Waals surface area contributed by atoms with Crippen LogP contribution >= 0.6 is 0 Å². The first-order valence-electron chi connectivity index (χ1n) is 8.57. The van der Waals surface area contributed by atoms with E-state index in [1.165, 1.54) is 12.8 Å². The van der Waals surface area contributed by atoms with Crippen LogP contribution < -0.4 is 5.32 Å². The molecular weight excluding hydrogens is 306 g/mol. The first kappa shape index (κ1) is 18.3. The van der Waals surface area contributed by atoms with Crippen molar-refractivity contribution in [2.24, 2.45) is 11.3 Å². The Kier molecular flexibility index (Phi) is 6.23. The first-order valence-corrected chi connectivity index (χ1v) is 8.57. The third kappa shape index (κ3) is 5.55. The number of ether oxygens (including phenoxy) is 2. The minimum Gasteiger partial charge on any atom is -0.464 e. The van der Waals surface area contributed by atoms with E-state index in [-0.39, 0.29) is 12.5 Å². The van der Waals surface area contributed by atoms with Gasteiger partial charge in [-0.2, -0.15) is 0 Å². The molecule has 5 nitrogen and oxygen atoms in total. The van der Waals surface area contributed by atoms with E-state index in [4.69, 9.17) is 9.47 Å². The molecule has 2 rings (SSSR count). The highest BCUT2D eigenvalue weighted by Crippen LogP contribution is 2.50. The van der Waals surface area contributed by atoms with Crippen LogP contribution in [0.25, 0.3) is 0 Å². The van der Waals surface area contributed by atoms with E-state index in [1.807, 2.05) is 37.3 Å². The van der Waals surface area contributed by atoms with Gasteiger partial charge >= 0.3 is 12.1 Å². The second-order valence-corrected chi connectivity index (χ2v) is 6.93. The smallest absolute Gasteiger partial charge is 0.408 e. The number of hydrogen-bond acceptors (Lipinski definition) is 4. The summed E-state index contributed by atoms with van der Waals surface area (Å²) < 4.78 is 10.3. The van der Waals surface area contributed by atoms with Crippen molar-refractivity contribution in [2.75, 3.05) is 6.61 Å². The molecule has 1 N–H and O–H groups in total. The Morgan fingerprint density at radius 1 is 1.21 bits per heavy atom. The highest BCUT2D eigenvalue weighted by molar-refractivity contribution is 5.81. The number of amides is 1. The lowest BCUT2D eigenvalue weighted by Crippen LogP contribution is -2.46. The summed E-state index contributed by atoms with van der Waals surface area (Å²) in [5.74, 6) is -0.397. The van der Waals surface area contributed by atoms with Crippen molar-refractivity contribution in [3.63, 3.8) is 0 Å². The third-order valence-electron chi connectivity index (χ3n) is 4.51. The molecule has 1 fully saturated rings. The molecule has 0 bridgehead atoms. The third-order valence-corrected chi connectivity index (χ3v) is 4.51. The molecule has 132 valence electrons. The SMILES string of the molecule is CCOC(=O)[C@@H](NC(=O)OCc1ccccc1)[C@@H](C)CC1(C)CC1. The van der Waals surface area contributed by atoms with Gasteiger partial charge in [0.15, 0.2) is 0 Å². The normalized spacial score (nSPS) is 17.5. The summed E-state index contributed by atoms with van der Waals surface area (Å²) >= 11 is 0. The molecule has 0 aliphatic heterocycles. The largest absolute Gasteiger partial charge is 0.464 e. The van der Waals surface area contributed by atoms with Crippen LogP contribution in [0.2, 0.25) is 0 Å². The zero-order valence-corrected chi connectivity index (χ0v) is 14.7. The van der Waals surface area contributed by atoms with Crippen LogP contribution in [0.15, 0.2) is 30.3 Å². The summed E-state index contributed by atoms with van der Waals surface area (Å²) in [6.45, 7) is 6.41. The molecule has 1 aromatic rings. The van der Waals surface area contributed by atoms with Crippen molar-refractivity contribution in [2.45, 2.75) is 52.7 Å². The van der Waals surface area contributed by atoms with Crippen LogP contribution in [0.5, 0.6) is 0 Å². The van der Waals surface area contributed by atoms with Crippen LogP contribution in [0.1, 0.15) is 45.6 Å². The van der Waals surface area contributed by atoms with Crippen molar-refractivity contribution in [3.8, 4) is 0 Å². The summed E-state index contributed by atoms with van der Waals surface area (Å²) in [7, 11) is 0. The van der Waals surface area contributed by atoms with Crippen molar-refractivity contribution >= 4 is 12.1 Å². The number of benzene rings is 1. The van der Waals surface area contributed by atoms with Gasteiger partial charge in [0.2, 0.25) is 0 Å². The maximum Gasteiger partial charge on any atom is 0.408 e. The van der Waals surface area contributed by atoms with Crippen LogP contribution in [-0.4, -0.2) is 24.7 Å². The lowest BCUT2D eigenvalue weighted by atomic mass is 9.89. The molecule has 0 radical (unpaired) electrons. The number of nitrogens with one attached hydrogen (secondary N) is 1.